The van der Waals surface area contributed by atoms with Crippen LogP contribution in [0.2, 0.25) is 0 Å². The monoisotopic (exact) mass is 402 g/mol. The molecule has 0 spiro atoms. The summed E-state index contributed by atoms with van der Waals surface area (Å²) in [5.74, 6) is 0. The summed E-state index contributed by atoms with van der Waals surface area (Å²) in [6.45, 7) is 4.43. The molecule has 0 saturated heterocycles. The molecule has 0 radical (unpaired) electrons. The standard InChI is InChI=1S/C28H50O/c1-3-5-7-9-11-12-13-14-15-16-17-18-19-21-23-25-27-28(29)26-24-22-20-10-8-6-4-2/h6,8,11-12,14-15,17-18,28-29H,3-5,7,9-10,13,16,19-27H2,1-2H3. The van der Waals surface area contributed by atoms with E-state index in [1.807, 2.05) is 0 Å². The third-order valence-corrected chi connectivity index (χ3v) is 5.24. The third-order valence-electron chi connectivity index (χ3n) is 5.24. The number of rotatable bonds is 21. The van der Waals surface area contributed by atoms with Crippen LogP contribution in [0.4, 0.5) is 0 Å². The quantitative estimate of drug-likeness (QED) is 0.150. The molecule has 0 aromatic rings. The molecule has 1 N–H and O–H groups in total. The van der Waals surface area contributed by atoms with E-state index in [4.69, 9.17) is 0 Å². The molecule has 0 aliphatic heterocycles. The first kappa shape index (κ1) is 27.9. The average molecular weight is 403 g/mol. The molecule has 1 unspecified atom stereocenters. The summed E-state index contributed by atoms with van der Waals surface area (Å²) < 4.78 is 0. The summed E-state index contributed by atoms with van der Waals surface area (Å²) >= 11 is 0. The van der Waals surface area contributed by atoms with Crippen LogP contribution in [0.5, 0.6) is 0 Å². The van der Waals surface area contributed by atoms with Gasteiger partial charge in [-0.25, -0.2) is 0 Å². The van der Waals surface area contributed by atoms with Crippen molar-refractivity contribution >= 4 is 0 Å². The molecule has 0 aliphatic rings. The van der Waals surface area contributed by atoms with Crippen molar-refractivity contribution in [2.24, 2.45) is 0 Å². The molecular formula is C28H50O. The van der Waals surface area contributed by atoms with E-state index in [1.54, 1.807) is 0 Å². The Morgan fingerprint density at radius 3 is 1.45 bits per heavy atom. The molecule has 0 aromatic heterocycles. The van der Waals surface area contributed by atoms with Gasteiger partial charge in [0, 0.05) is 0 Å². The van der Waals surface area contributed by atoms with Crippen LogP contribution < -0.4 is 0 Å². The van der Waals surface area contributed by atoms with E-state index >= 15 is 0 Å². The Hall–Kier alpha value is -1.08. The van der Waals surface area contributed by atoms with Crippen molar-refractivity contribution in [1.29, 1.82) is 0 Å². The minimum Gasteiger partial charge on any atom is -0.393 e. The van der Waals surface area contributed by atoms with Crippen molar-refractivity contribution in [3.05, 3.63) is 48.6 Å². The fourth-order valence-electron chi connectivity index (χ4n) is 3.36. The summed E-state index contributed by atoms with van der Waals surface area (Å²) in [6.07, 6.45) is 38.3. The van der Waals surface area contributed by atoms with Crippen molar-refractivity contribution in [1.82, 2.24) is 0 Å². The maximum atomic E-state index is 10.1. The van der Waals surface area contributed by atoms with Crippen LogP contribution in [0, 0.1) is 0 Å². The topological polar surface area (TPSA) is 20.2 Å². The number of hydrogen-bond acceptors (Lipinski definition) is 1. The van der Waals surface area contributed by atoms with E-state index < -0.39 is 0 Å². The lowest BCUT2D eigenvalue weighted by molar-refractivity contribution is 0.147. The van der Waals surface area contributed by atoms with Crippen molar-refractivity contribution in [2.45, 2.75) is 129 Å². The molecule has 0 fully saturated rings. The first-order chi connectivity index (χ1) is 14.3. The summed E-state index contributed by atoms with van der Waals surface area (Å²) in [4.78, 5) is 0. The number of aliphatic hydroxyl groups excluding tert-OH is 1. The van der Waals surface area contributed by atoms with Gasteiger partial charge in [0.15, 0.2) is 0 Å². The maximum Gasteiger partial charge on any atom is 0.0540 e. The molecule has 0 rings (SSSR count). The highest BCUT2D eigenvalue weighted by molar-refractivity contribution is 4.97. The predicted octanol–water partition coefficient (Wildman–Crippen LogP) is 9.24. The Kier molecular flexibility index (Phi) is 24.0. The first-order valence-electron chi connectivity index (χ1n) is 12.6. The Balaban J connectivity index is 3.36. The molecule has 0 aliphatic carbocycles. The average Bonchev–Trinajstić information content (AvgIpc) is 2.72. The van der Waals surface area contributed by atoms with E-state index in [0.717, 1.165) is 32.1 Å². The molecule has 168 valence electrons. The number of allylic oxidation sites excluding steroid dienone is 8. The van der Waals surface area contributed by atoms with Gasteiger partial charge in [0.1, 0.15) is 0 Å². The van der Waals surface area contributed by atoms with E-state index in [9.17, 15) is 5.11 Å². The van der Waals surface area contributed by atoms with Crippen LogP contribution in [0.1, 0.15) is 123 Å². The fourth-order valence-corrected chi connectivity index (χ4v) is 3.36. The second-order valence-electron chi connectivity index (χ2n) is 8.19. The van der Waals surface area contributed by atoms with Crippen molar-refractivity contribution < 1.29 is 5.11 Å². The van der Waals surface area contributed by atoms with Crippen LogP contribution in [-0.4, -0.2) is 11.2 Å². The molecule has 0 heterocycles. The zero-order valence-electron chi connectivity index (χ0n) is 19.7. The summed E-state index contributed by atoms with van der Waals surface area (Å²) in [5.41, 5.74) is 0. The summed E-state index contributed by atoms with van der Waals surface area (Å²) in [7, 11) is 0. The highest BCUT2D eigenvalue weighted by Crippen LogP contribution is 2.13. The van der Waals surface area contributed by atoms with E-state index in [0.29, 0.717) is 0 Å². The molecule has 1 nitrogen and oxygen atoms in total. The van der Waals surface area contributed by atoms with Gasteiger partial charge in [-0.1, -0.05) is 101 Å². The molecule has 0 amide bonds. The van der Waals surface area contributed by atoms with Gasteiger partial charge in [-0.05, 0) is 70.6 Å². The minimum absolute atomic E-state index is 0.0810. The third kappa shape index (κ3) is 24.9. The minimum atomic E-state index is -0.0810. The van der Waals surface area contributed by atoms with Gasteiger partial charge < -0.3 is 5.11 Å². The molecule has 0 bridgehead atoms. The Morgan fingerprint density at radius 1 is 0.517 bits per heavy atom. The zero-order chi connectivity index (χ0) is 21.3. The molecule has 0 aromatic carbocycles. The van der Waals surface area contributed by atoms with Crippen LogP contribution >= 0.6 is 0 Å². The number of hydrogen-bond donors (Lipinski definition) is 1. The second-order valence-corrected chi connectivity index (χ2v) is 8.19. The van der Waals surface area contributed by atoms with E-state index in [-0.39, 0.29) is 6.10 Å². The first-order valence-corrected chi connectivity index (χ1v) is 12.6. The SMILES string of the molecule is CCC=CCCCCCC(O)CCCCCC=CCC=CCC=CCCCCC. The Bertz CT molecular complexity index is 416. The van der Waals surface area contributed by atoms with Crippen molar-refractivity contribution in [2.75, 3.05) is 0 Å². The summed E-state index contributed by atoms with van der Waals surface area (Å²) in [5, 5.41) is 10.1. The van der Waals surface area contributed by atoms with Crippen LogP contribution in [0.25, 0.3) is 0 Å². The smallest absolute Gasteiger partial charge is 0.0540 e. The van der Waals surface area contributed by atoms with Gasteiger partial charge in [-0.2, -0.15) is 0 Å². The number of unbranched alkanes of at least 4 members (excludes halogenated alkanes) is 9. The van der Waals surface area contributed by atoms with Gasteiger partial charge in [-0.3, -0.25) is 0 Å². The second kappa shape index (κ2) is 25.0. The molecule has 29 heavy (non-hydrogen) atoms. The lowest BCUT2D eigenvalue weighted by Crippen LogP contribution is -2.05. The summed E-state index contributed by atoms with van der Waals surface area (Å²) in [6, 6.07) is 0. The molecular weight excluding hydrogens is 352 g/mol. The van der Waals surface area contributed by atoms with Crippen LogP contribution in [0.15, 0.2) is 48.6 Å². The lowest BCUT2D eigenvalue weighted by atomic mass is 10.0. The molecule has 1 atom stereocenters. The normalized spacial score (nSPS) is 13.6. The zero-order valence-corrected chi connectivity index (χ0v) is 19.7. The molecule has 1 heteroatoms. The van der Waals surface area contributed by atoms with Gasteiger partial charge in [0.2, 0.25) is 0 Å². The van der Waals surface area contributed by atoms with Gasteiger partial charge in [0.05, 0.1) is 6.10 Å². The predicted molar refractivity (Wildman–Crippen MR) is 132 cm³/mol. The van der Waals surface area contributed by atoms with Gasteiger partial charge in [0.25, 0.3) is 0 Å². The van der Waals surface area contributed by atoms with Gasteiger partial charge in [-0.15, -0.1) is 0 Å². The molecule has 0 saturated carbocycles. The largest absolute Gasteiger partial charge is 0.393 e. The van der Waals surface area contributed by atoms with E-state index in [2.05, 4.69) is 62.5 Å². The van der Waals surface area contributed by atoms with Crippen LogP contribution in [0.3, 0.4) is 0 Å². The maximum absolute atomic E-state index is 10.1. The Labute approximate surface area is 183 Å². The van der Waals surface area contributed by atoms with Crippen molar-refractivity contribution in [3.63, 3.8) is 0 Å². The highest BCUT2D eigenvalue weighted by Gasteiger charge is 2.03. The highest BCUT2D eigenvalue weighted by atomic mass is 16.3. The Morgan fingerprint density at radius 2 is 0.966 bits per heavy atom. The van der Waals surface area contributed by atoms with E-state index in [1.165, 1.54) is 77.0 Å². The lowest BCUT2D eigenvalue weighted by Gasteiger charge is -2.09. The van der Waals surface area contributed by atoms with Crippen LogP contribution in [-0.2, 0) is 0 Å². The number of aliphatic hydroxyl groups is 1. The van der Waals surface area contributed by atoms with Gasteiger partial charge >= 0.3 is 0 Å². The fraction of sp³-hybridized carbons (Fsp3) is 0.714. The van der Waals surface area contributed by atoms with Crippen molar-refractivity contribution in [3.8, 4) is 0 Å².